The zero-order chi connectivity index (χ0) is 44.3. The molecule has 0 heterocycles. The molecule has 0 aromatic heterocycles. The Morgan fingerprint density at radius 1 is 0.600 bits per heavy atom. The van der Waals surface area contributed by atoms with Crippen LogP contribution in [0.25, 0.3) is 0 Å². The number of allylic oxidation sites excluding steroid dienone is 10. The lowest BCUT2D eigenvalue weighted by atomic mass is 10.0. The summed E-state index contributed by atoms with van der Waals surface area (Å²) in [5, 5.41) is 13.8. The third-order valence-electron chi connectivity index (χ3n) is 10.8. The Hall–Kier alpha value is -1.80. The van der Waals surface area contributed by atoms with Crippen molar-refractivity contribution in [2.45, 2.75) is 219 Å². The van der Waals surface area contributed by atoms with Gasteiger partial charge in [0.2, 0.25) is 5.91 Å². The van der Waals surface area contributed by atoms with Crippen molar-refractivity contribution in [2.24, 2.45) is 0 Å². The number of phosphoric acid groups is 1. The Morgan fingerprint density at radius 2 is 1.02 bits per heavy atom. The van der Waals surface area contributed by atoms with Crippen LogP contribution in [-0.4, -0.2) is 68.5 Å². The molecule has 1 amide bonds. The van der Waals surface area contributed by atoms with Gasteiger partial charge in [0.05, 0.1) is 39.9 Å². The van der Waals surface area contributed by atoms with Gasteiger partial charge in [0.25, 0.3) is 7.82 Å². The van der Waals surface area contributed by atoms with Crippen LogP contribution < -0.4 is 10.2 Å². The highest BCUT2D eigenvalue weighted by Crippen LogP contribution is 2.38. The summed E-state index contributed by atoms with van der Waals surface area (Å²) in [5.41, 5.74) is 0. The van der Waals surface area contributed by atoms with Crippen molar-refractivity contribution in [2.75, 3.05) is 40.9 Å². The molecule has 0 aromatic carbocycles. The fourth-order valence-corrected chi connectivity index (χ4v) is 7.61. The van der Waals surface area contributed by atoms with Crippen molar-refractivity contribution in [3.8, 4) is 0 Å². The number of aliphatic hydroxyl groups is 1. The van der Waals surface area contributed by atoms with E-state index in [0.717, 1.165) is 70.6 Å². The number of amides is 1. The Morgan fingerprint density at radius 3 is 1.48 bits per heavy atom. The highest BCUT2D eigenvalue weighted by Gasteiger charge is 2.24. The summed E-state index contributed by atoms with van der Waals surface area (Å²) in [4.78, 5) is 25.2. The molecule has 9 heteroatoms. The average Bonchev–Trinajstić information content (AvgIpc) is 3.20. The molecule has 0 saturated heterocycles. The van der Waals surface area contributed by atoms with Gasteiger partial charge >= 0.3 is 0 Å². The summed E-state index contributed by atoms with van der Waals surface area (Å²) in [5.74, 6) is -0.171. The lowest BCUT2D eigenvalue weighted by Crippen LogP contribution is -2.46. The molecule has 8 nitrogen and oxygen atoms in total. The molecule has 0 aromatic rings. The van der Waals surface area contributed by atoms with E-state index in [4.69, 9.17) is 9.05 Å². The highest BCUT2D eigenvalue weighted by molar-refractivity contribution is 7.45. The number of carbonyl (C=O) groups is 1. The van der Waals surface area contributed by atoms with Crippen molar-refractivity contribution in [1.29, 1.82) is 0 Å². The number of likely N-dealkylation sites (N-methyl/N-ethyl adjacent to an activating group) is 1. The molecule has 350 valence electrons. The van der Waals surface area contributed by atoms with E-state index in [-0.39, 0.29) is 19.1 Å². The number of nitrogens with one attached hydrogen (secondary N) is 1. The number of rotatable bonds is 44. The van der Waals surface area contributed by atoms with Crippen LogP contribution in [0.4, 0.5) is 0 Å². The Kier molecular flexibility index (Phi) is 41.2. The van der Waals surface area contributed by atoms with E-state index in [2.05, 4.69) is 79.9 Å². The van der Waals surface area contributed by atoms with Crippen LogP contribution in [0, 0.1) is 0 Å². The SMILES string of the molecule is CC/C=C\C/C=C\C/C=C\C/C=C\C/C=C\CCCCCCCCCCCCCCCCCC(=O)NC(COP(=O)([O-])OCC[N+](C)(C)C)C(O)CCCCCCCCC. The number of carbonyl (C=O) groups excluding carboxylic acids is 1. The molecule has 0 radical (unpaired) electrons. The summed E-state index contributed by atoms with van der Waals surface area (Å²) in [6.45, 7) is 4.55. The summed E-state index contributed by atoms with van der Waals surface area (Å²) in [6, 6.07) is -0.799. The third kappa shape index (κ3) is 44.3. The second-order valence-corrected chi connectivity index (χ2v) is 19.2. The fourth-order valence-electron chi connectivity index (χ4n) is 6.89. The van der Waals surface area contributed by atoms with E-state index >= 15 is 0 Å². The Bertz CT molecular complexity index is 1160. The van der Waals surface area contributed by atoms with Crippen LogP contribution in [0.1, 0.15) is 206 Å². The van der Waals surface area contributed by atoms with Gasteiger partial charge < -0.3 is 28.8 Å². The molecule has 0 fully saturated rings. The van der Waals surface area contributed by atoms with Gasteiger partial charge in [-0.15, -0.1) is 0 Å². The minimum Gasteiger partial charge on any atom is -0.756 e. The van der Waals surface area contributed by atoms with Crippen LogP contribution in [0.5, 0.6) is 0 Å². The molecule has 0 saturated carbocycles. The number of unbranched alkanes of at least 4 members (excludes halogenated alkanes) is 21. The molecule has 0 spiro atoms. The molecule has 0 rings (SSSR count). The van der Waals surface area contributed by atoms with Crippen molar-refractivity contribution in [3.63, 3.8) is 0 Å². The smallest absolute Gasteiger partial charge is 0.268 e. The van der Waals surface area contributed by atoms with E-state index in [1.54, 1.807) is 0 Å². The molecule has 0 bridgehead atoms. The zero-order valence-electron chi connectivity index (χ0n) is 39.6. The van der Waals surface area contributed by atoms with E-state index < -0.39 is 20.0 Å². The van der Waals surface area contributed by atoms with Crippen LogP contribution >= 0.6 is 7.82 Å². The standard InChI is InChI=1S/C51H95N2O6P/c1-6-8-10-12-14-15-16-17-18-19-20-21-22-23-24-25-26-27-28-29-30-31-32-33-34-35-36-37-39-41-43-45-51(55)52-49(50(54)44-42-40-38-13-11-9-7-2)48-59-60(56,57)58-47-46-53(3,4)5/h8,10,14-15,17-18,20-21,23-24,49-50,54H,6-7,9,11-13,16,19,22,25-48H2,1-5H3,(H-,52,55,56,57)/b10-8-,15-14-,18-17-,21-20-,24-23-. The molecule has 3 unspecified atom stereocenters. The first-order valence-electron chi connectivity index (χ1n) is 24.6. The number of hydrogen-bond donors (Lipinski definition) is 2. The number of aliphatic hydroxyl groups excluding tert-OH is 1. The maximum absolute atomic E-state index is 12.8. The Balaban J connectivity index is 3.95. The third-order valence-corrected chi connectivity index (χ3v) is 11.7. The van der Waals surface area contributed by atoms with Gasteiger partial charge in [-0.3, -0.25) is 9.36 Å². The van der Waals surface area contributed by atoms with Gasteiger partial charge in [0, 0.05) is 6.42 Å². The monoisotopic (exact) mass is 863 g/mol. The topological polar surface area (TPSA) is 108 Å². The van der Waals surface area contributed by atoms with Gasteiger partial charge in [-0.25, -0.2) is 0 Å². The quantitative estimate of drug-likeness (QED) is 0.0273. The van der Waals surface area contributed by atoms with Crippen LogP contribution in [0.15, 0.2) is 60.8 Å². The van der Waals surface area contributed by atoms with Gasteiger partial charge in [-0.2, -0.15) is 0 Å². The van der Waals surface area contributed by atoms with E-state index in [9.17, 15) is 19.4 Å². The molecular weight excluding hydrogens is 768 g/mol. The number of nitrogens with zero attached hydrogens (tertiary/aromatic N) is 1. The molecule has 0 aliphatic rings. The van der Waals surface area contributed by atoms with Crippen molar-refractivity contribution >= 4 is 13.7 Å². The normalized spacial score (nSPS) is 14.7. The molecular formula is C51H95N2O6P. The van der Waals surface area contributed by atoms with Crippen LogP contribution in [0.3, 0.4) is 0 Å². The molecule has 0 aliphatic heterocycles. The van der Waals surface area contributed by atoms with Gasteiger partial charge in [-0.1, -0.05) is 203 Å². The number of hydrogen-bond acceptors (Lipinski definition) is 6. The van der Waals surface area contributed by atoms with E-state index in [1.807, 2.05) is 21.1 Å². The summed E-state index contributed by atoms with van der Waals surface area (Å²) < 4.78 is 23.2. The van der Waals surface area contributed by atoms with E-state index in [0.29, 0.717) is 23.9 Å². The largest absolute Gasteiger partial charge is 0.756 e. The minimum absolute atomic E-state index is 0.0105. The first-order chi connectivity index (χ1) is 29.0. The van der Waals surface area contributed by atoms with Gasteiger partial charge in [0.15, 0.2) is 0 Å². The van der Waals surface area contributed by atoms with Crippen molar-refractivity contribution in [3.05, 3.63) is 60.8 Å². The summed E-state index contributed by atoms with van der Waals surface area (Å²) >= 11 is 0. The van der Waals surface area contributed by atoms with Crippen LogP contribution in [-0.2, 0) is 18.4 Å². The molecule has 60 heavy (non-hydrogen) atoms. The Labute approximate surface area is 371 Å². The predicted octanol–water partition coefficient (Wildman–Crippen LogP) is 13.6. The highest BCUT2D eigenvalue weighted by atomic mass is 31.2. The summed E-state index contributed by atoms with van der Waals surface area (Å²) in [6.07, 6.45) is 55.5. The first kappa shape index (κ1) is 58.2. The average molecular weight is 863 g/mol. The maximum atomic E-state index is 12.8. The molecule has 2 N–H and O–H groups in total. The van der Waals surface area contributed by atoms with Gasteiger partial charge in [-0.05, 0) is 57.8 Å². The fraction of sp³-hybridized carbons (Fsp3) is 0.784. The second kappa shape index (κ2) is 42.5. The summed E-state index contributed by atoms with van der Waals surface area (Å²) in [7, 11) is 1.30. The minimum atomic E-state index is -4.56. The maximum Gasteiger partial charge on any atom is 0.268 e. The van der Waals surface area contributed by atoms with Crippen LogP contribution in [0.2, 0.25) is 0 Å². The lowest BCUT2D eigenvalue weighted by molar-refractivity contribution is -0.870. The zero-order valence-corrected chi connectivity index (χ0v) is 40.5. The van der Waals surface area contributed by atoms with Crippen molar-refractivity contribution in [1.82, 2.24) is 5.32 Å². The van der Waals surface area contributed by atoms with E-state index in [1.165, 1.54) is 109 Å². The lowest BCUT2D eigenvalue weighted by Gasteiger charge is -2.30. The number of phosphoric ester groups is 1. The molecule has 3 atom stereocenters. The predicted molar refractivity (Wildman–Crippen MR) is 256 cm³/mol. The van der Waals surface area contributed by atoms with Gasteiger partial charge in [0.1, 0.15) is 13.2 Å². The first-order valence-corrected chi connectivity index (χ1v) is 26.1. The number of quaternary nitrogens is 1. The van der Waals surface area contributed by atoms with Crippen molar-refractivity contribution < 1.29 is 32.9 Å². The second-order valence-electron chi connectivity index (χ2n) is 17.8. The molecule has 0 aliphatic carbocycles.